The van der Waals surface area contributed by atoms with Crippen LogP contribution in [0.15, 0.2) is 78.9 Å². The molecule has 3 aromatic rings. The van der Waals surface area contributed by atoms with Gasteiger partial charge in [0.1, 0.15) is 6.61 Å². The lowest BCUT2D eigenvalue weighted by Crippen LogP contribution is -2.50. The predicted octanol–water partition coefficient (Wildman–Crippen LogP) is 5.27. The highest BCUT2D eigenvalue weighted by Crippen LogP contribution is 2.23. The number of nitrogens with zero attached hydrogens (tertiary/aromatic N) is 2. The van der Waals surface area contributed by atoms with Crippen LogP contribution in [0.25, 0.3) is 0 Å². The number of benzene rings is 3. The number of rotatable bonds is 10. The van der Waals surface area contributed by atoms with Crippen LogP contribution in [0.1, 0.15) is 28.4 Å². The molecule has 6 heteroatoms. The summed E-state index contributed by atoms with van der Waals surface area (Å²) < 4.78 is 12.0. The summed E-state index contributed by atoms with van der Waals surface area (Å²) in [5.41, 5.74) is 4.57. The van der Waals surface area contributed by atoms with Gasteiger partial charge >= 0.3 is 0 Å². The quantitative estimate of drug-likeness (QED) is 0.387. The molecule has 0 spiro atoms. The normalized spacial score (nSPS) is 15.2. The first-order valence-electron chi connectivity index (χ1n) is 12.1. The molecule has 0 saturated carbocycles. The number of hydrogen-bond acceptors (Lipinski definition) is 4. The second-order valence-electron chi connectivity index (χ2n) is 9.00. The van der Waals surface area contributed by atoms with Crippen molar-refractivity contribution in [3.05, 3.63) is 106 Å². The van der Waals surface area contributed by atoms with Crippen molar-refractivity contribution < 1.29 is 14.3 Å². The van der Waals surface area contributed by atoms with Crippen molar-refractivity contribution in [1.29, 1.82) is 0 Å². The average Bonchev–Trinajstić information content (AvgIpc) is 2.88. The van der Waals surface area contributed by atoms with Gasteiger partial charge in [-0.05, 0) is 35.7 Å². The minimum Gasteiger partial charge on any atom is -0.368 e. The Labute approximate surface area is 213 Å². The van der Waals surface area contributed by atoms with Crippen molar-refractivity contribution in [2.75, 3.05) is 39.3 Å². The summed E-state index contributed by atoms with van der Waals surface area (Å²) in [4.78, 5) is 16.9. The van der Waals surface area contributed by atoms with E-state index in [0.29, 0.717) is 31.3 Å². The van der Waals surface area contributed by atoms with E-state index in [1.165, 1.54) is 5.56 Å². The van der Waals surface area contributed by atoms with E-state index in [1.54, 1.807) is 0 Å². The summed E-state index contributed by atoms with van der Waals surface area (Å²) >= 11 is 6.12. The summed E-state index contributed by atoms with van der Waals surface area (Å²) in [5, 5.41) is 0.716. The molecule has 1 heterocycles. The van der Waals surface area contributed by atoms with Crippen molar-refractivity contribution in [3.8, 4) is 0 Å². The number of halogens is 1. The molecule has 5 nitrogen and oxygen atoms in total. The number of aryl methyl sites for hydroxylation is 1. The summed E-state index contributed by atoms with van der Waals surface area (Å²) in [6, 6.07) is 26.2. The number of piperazine rings is 1. The van der Waals surface area contributed by atoms with Crippen molar-refractivity contribution in [2.24, 2.45) is 0 Å². The van der Waals surface area contributed by atoms with Gasteiger partial charge in [0.15, 0.2) is 0 Å². The van der Waals surface area contributed by atoms with Crippen molar-refractivity contribution in [3.63, 3.8) is 0 Å². The van der Waals surface area contributed by atoms with Gasteiger partial charge in [0.2, 0.25) is 5.91 Å². The zero-order valence-electron chi connectivity index (χ0n) is 20.2. The molecular formula is C29H33ClN2O3. The van der Waals surface area contributed by atoms with E-state index in [-0.39, 0.29) is 18.6 Å². The van der Waals surface area contributed by atoms with Gasteiger partial charge in [0, 0.05) is 37.7 Å². The van der Waals surface area contributed by atoms with Gasteiger partial charge in [0.25, 0.3) is 0 Å². The molecule has 0 aromatic heterocycles. The molecule has 4 rings (SSSR count). The molecule has 1 aliphatic rings. The summed E-state index contributed by atoms with van der Waals surface area (Å²) in [6.45, 7) is 6.97. The molecule has 3 aromatic carbocycles. The summed E-state index contributed by atoms with van der Waals surface area (Å²) in [7, 11) is 0. The first kappa shape index (κ1) is 25.4. The van der Waals surface area contributed by atoms with Crippen LogP contribution in [0.2, 0.25) is 5.02 Å². The Hall–Kier alpha value is -2.70. The molecule has 1 aliphatic heterocycles. The Morgan fingerprint density at radius 2 is 1.60 bits per heavy atom. The van der Waals surface area contributed by atoms with Crippen LogP contribution in [0, 0.1) is 6.92 Å². The van der Waals surface area contributed by atoms with Crippen LogP contribution in [0.5, 0.6) is 0 Å². The van der Waals surface area contributed by atoms with E-state index >= 15 is 0 Å². The third kappa shape index (κ3) is 7.91. The summed E-state index contributed by atoms with van der Waals surface area (Å²) in [5.74, 6) is 0.0468. The molecule has 0 bridgehead atoms. The topological polar surface area (TPSA) is 42.0 Å². The maximum absolute atomic E-state index is 12.6. The molecule has 1 fully saturated rings. The molecule has 0 N–H and O–H groups in total. The Bertz CT molecular complexity index is 1070. The number of carbonyl (C=O) groups is 1. The van der Waals surface area contributed by atoms with Crippen LogP contribution in [0.4, 0.5) is 0 Å². The Balaban J connectivity index is 1.28. The lowest BCUT2D eigenvalue weighted by atomic mass is 10.1. The van der Waals surface area contributed by atoms with Gasteiger partial charge in [-0.15, -0.1) is 0 Å². The predicted molar refractivity (Wildman–Crippen MR) is 139 cm³/mol. The fourth-order valence-electron chi connectivity index (χ4n) is 4.27. The standard InChI is InChI=1S/C29H33ClN2O3/c1-23-6-5-9-25(18-23)21-35-28(26-10-12-27(30)13-11-26)19-31-14-16-32(17-15-31)29(33)22-34-20-24-7-3-2-4-8-24/h2-13,18,28H,14-17,19-22H2,1H3/t28-/m1/s1. The highest BCUT2D eigenvalue weighted by atomic mass is 35.5. The lowest BCUT2D eigenvalue weighted by Gasteiger charge is -2.36. The van der Waals surface area contributed by atoms with E-state index in [2.05, 4.69) is 36.1 Å². The monoisotopic (exact) mass is 492 g/mol. The zero-order valence-corrected chi connectivity index (χ0v) is 21.0. The van der Waals surface area contributed by atoms with E-state index in [4.69, 9.17) is 21.1 Å². The van der Waals surface area contributed by atoms with Crippen molar-refractivity contribution in [1.82, 2.24) is 9.80 Å². The van der Waals surface area contributed by atoms with E-state index in [0.717, 1.165) is 36.3 Å². The Morgan fingerprint density at radius 1 is 0.886 bits per heavy atom. The second-order valence-corrected chi connectivity index (χ2v) is 9.44. The molecule has 1 atom stereocenters. The minimum absolute atomic E-state index is 0.0468. The molecular weight excluding hydrogens is 460 g/mol. The number of amides is 1. The maximum atomic E-state index is 12.6. The van der Waals surface area contributed by atoms with Crippen molar-refractivity contribution >= 4 is 17.5 Å². The number of ether oxygens (including phenoxy) is 2. The highest BCUT2D eigenvalue weighted by Gasteiger charge is 2.24. The minimum atomic E-state index is -0.0794. The fraction of sp³-hybridized carbons (Fsp3) is 0.345. The molecule has 1 amide bonds. The SMILES string of the molecule is Cc1cccc(CO[C@H](CN2CCN(C(=O)COCc3ccccc3)CC2)c2ccc(Cl)cc2)c1. The average molecular weight is 493 g/mol. The van der Waals surface area contributed by atoms with Crippen LogP contribution in [-0.2, 0) is 27.5 Å². The van der Waals surface area contributed by atoms with E-state index in [9.17, 15) is 4.79 Å². The molecule has 0 aliphatic carbocycles. The van der Waals surface area contributed by atoms with Crippen molar-refractivity contribution in [2.45, 2.75) is 26.2 Å². The summed E-state index contributed by atoms with van der Waals surface area (Å²) in [6.07, 6.45) is -0.0794. The maximum Gasteiger partial charge on any atom is 0.248 e. The van der Waals surface area contributed by atoms with Gasteiger partial charge in [-0.3, -0.25) is 9.69 Å². The van der Waals surface area contributed by atoms with E-state index in [1.807, 2.05) is 59.5 Å². The Morgan fingerprint density at radius 3 is 2.31 bits per heavy atom. The van der Waals surface area contributed by atoms with E-state index < -0.39 is 0 Å². The molecule has 1 saturated heterocycles. The first-order valence-corrected chi connectivity index (χ1v) is 12.5. The molecule has 184 valence electrons. The van der Waals surface area contributed by atoms with Gasteiger partial charge in [-0.2, -0.15) is 0 Å². The molecule has 0 unspecified atom stereocenters. The molecule has 0 radical (unpaired) electrons. The third-order valence-electron chi connectivity index (χ3n) is 6.26. The zero-order chi connectivity index (χ0) is 24.5. The van der Waals surface area contributed by atoms with Gasteiger partial charge < -0.3 is 14.4 Å². The fourth-order valence-corrected chi connectivity index (χ4v) is 4.39. The largest absolute Gasteiger partial charge is 0.368 e. The van der Waals surface area contributed by atoms with Crippen LogP contribution >= 0.6 is 11.6 Å². The first-order chi connectivity index (χ1) is 17.1. The number of carbonyl (C=O) groups excluding carboxylic acids is 1. The van der Waals surface area contributed by atoms with Crippen LogP contribution < -0.4 is 0 Å². The Kier molecular flexibility index (Phi) is 9.32. The second kappa shape index (κ2) is 12.8. The molecule has 35 heavy (non-hydrogen) atoms. The number of hydrogen-bond donors (Lipinski definition) is 0. The van der Waals surface area contributed by atoms with Crippen LogP contribution in [-0.4, -0.2) is 55.0 Å². The van der Waals surface area contributed by atoms with Gasteiger partial charge in [-0.1, -0.05) is 83.9 Å². The lowest BCUT2D eigenvalue weighted by molar-refractivity contribution is -0.138. The van der Waals surface area contributed by atoms with Crippen LogP contribution in [0.3, 0.4) is 0 Å². The van der Waals surface area contributed by atoms with Gasteiger partial charge in [-0.25, -0.2) is 0 Å². The highest BCUT2D eigenvalue weighted by molar-refractivity contribution is 6.30. The smallest absolute Gasteiger partial charge is 0.248 e. The van der Waals surface area contributed by atoms with Gasteiger partial charge in [0.05, 0.1) is 19.3 Å². The third-order valence-corrected chi connectivity index (χ3v) is 6.51.